The predicted molar refractivity (Wildman–Crippen MR) is 87.9 cm³/mol. The third kappa shape index (κ3) is 2.83. The number of hydrogen-bond donors (Lipinski definition) is 1. The largest absolute Gasteiger partial charge is 0.350 e. The van der Waals surface area contributed by atoms with Crippen LogP contribution in [0.5, 0.6) is 0 Å². The topological polar surface area (TPSA) is 58.7 Å². The zero-order chi connectivity index (χ0) is 15.7. The number of rotatable bonds is 2. The summed E-state index contributed by atoms with van der Waals surface area (Å²) in [5, 5.41) is 6.42. The van der Waals surface area contributed by atoms with Crippen LogP contribution < -0.4 is 5.73 Å². The summed E-state index contributed by atoms with van der Waals surface area (Å²) in [4.78, 5) is 11.7. The van der Waals surface area contributed by atoms with Gasteiger partial charge in [-0.1, -0.05) is 53.6 Å². The molecule has 1 atom stereocenters. The highest BCUT2D eigenvalue weighted by atomic mass is 35.5. The van der Waals surface area contributed by atoms with Crippen LogP contribution in [0.25, 0.3) is 0 Å². The SMILES string of the molecule is Cc1ccc(C2=NN(C(N)=O)[C@H](c3ccc(Cl)cc3)C2)cc1. The van der Waals surface area contributed by atoms with Crippen LogP contribution in [0.3, 0.4) is 0 Å². The van der Waals surface area contributed by atoms with Crippen molar-refractivity contribution in [3.63, 3.8) is 0 Å². The first-order valence-electron chi connectivity index (χ1n) is 7.03. The molecule has 22 heavy (non-hydrogen) atoms. The molecule has 0 fully saturated rings. The van der Waals surface area contributed by atoms with Gasteiger partial charge >= 0.3 is 6.03 Å². The molecule has 0 saturated carbocycles. The number of amides is 2. The van der Waals surface area contributed by atoms with Crippen molar-refractivity contribution in [3.05, 3.63) is 70.2 Å². The second kappa shape index (κ2) is 5.81. The predicted octanol–water partition coefficient (Wildman–Crippen LogP) is 3.88. The Morgan fingerprint density at radius 1 is 1.18 bits per heavy atom. The van der Waals surface area contributed by atoms with Gasteiger partial charge in [0.1, 0.15) is 0 Å². The summed E-state index contributed by atoms with van der Waals surface area (Å²) in [7, 11) is 0. The van der Waals surface area contributed by atoms with Crippen LogP contribution in [0.15, 0.2) is 53.6 Å². The van der Waals surface area contributed by atoms with Crippen LogP contribution in [0.2, 0.25) is 5.02 Å². The number of nitrogens with two attached hydrogens (primary N) is 1. The number of nitrogens with zero attached hydrogens (tertiary/aromatic N) is 2. The highest BCUT2D eigenvalue weighted by Gasteiger charge is 2.31. The Bertz CT molecular complexity index is 723. The highest BCUT2D eigenvalue weighted by molar-refractivity contribution is 6.30. The molecular weight excluding hydrogens is 298 g/mol. The summed E-state index contributed by atoms with van der Waals surface area (Å²) >= 11 is 5.92. The normalized spacial score (nSPS) is 17.5. The lowest BCUT2D eigenvalue weighted by Crippen LogP contribution is -2.31. The quantitative estimate of drug-likeness (QED) is 0.898. The van der Waals surface area contributed by atoms with Gasteiger partial charge in [0, 0.05) is 11.4 Å². The van der Waals surface area contributed by atoms with Crippen molar-refractivity contribution in [2.45, 2.75) is 19.4 Å². The molecule has 0 bridgehead atoms. The van der Waals surface area contributed by atoms with E-state index in [9.17, 15) is 4.79 Å². The summed E-state index contributed by atoms with van der Waals surface area (Å²) in [5.41, 5.74) is 9.49. The van der Waals surface area contributed by atoms with Crippen molar-refractivity contribution in [3.8, 4) is 0 Å². The van der Waals surface area contributed by atoms with Crippen LogP contribution >= 0.6 is 11.6 Å². The van der Waals surface area contributed by atoms with E-state index < -0.39 is 6.03 Å². The van der Waals surface area contributed by atoms with Gasteiger partial charge in [0.25, 0.3) is 0 Å². The van der Waals surface area contributed by atoms with Crippen molar-refractivity contribution in [2.75, 3.05) is 0 Å². The molecule has 0 spiro atoms. The molecule has 2 aromatic carbocycles. The Morgan fingerprint density at radius 3 is 2.41 bits per heavy atom. The smallest absolute Gasteiger partial charge is 0.335 e. The number of halogens is 1. The average Bonchev–Trinajstić information content (AvgIpc) is 2.94. The van der Waals surface area contributed by atoms with E-state index in [1.54, 1.807) is 12.1 Å². The van der Waals surface area contributed by atoms with Gasteiger partial charge in [-0.2, -0.15) is 5.10 Å². The van der Waals surface area contributed by atoms with Gasteiger partial charge in [-0.05, 0) is 30.2 Å². The second-order valence-corrected chi connectivity index (χ2v) is 5.80. The maximum Gasteiger partial charge on any atom is 0.335 e. The average molecular weight is 314 g/mol. The maximum absolute atomic E-state index is 11.7. The van der Waals surface area contributed by atoms with Crippen LogP contribution in [-0.4, -0.2) is 16.8 Å². The maximum atomic E-state index is 11.7. The Hall–Kier alpha value is -2.33. The molecule has 0 unspecified atom stereocenters. The second-order valence-electron chi connectivity index (χ2n) is 5.37. The Kier molecular flexibility index (Phi) is 3.86. The summed E-state index contributed by atoms with van der Waals surface area (Å²) in [6.45, 7) is 2.03. The molecule has 112 valence electrons. The summed E-state index contributed by atoms with van der Waals surface area (Å²) in [5.74, 6) is 0. The summed E-state index contributed by atoms with van der Waals surface area (Å²) in [6, 6.07) is 14.7. The molecule has 4 nitrogen and oxygen atoms in total. The molecule has 1 heterocycles. The fourth-order valence-electron chi connectivity index (χ4n) is 2.58. The van der Waals surface area contributed by atoms with E-state index in [0.29, 0.717) is 11.4 Å². The lowest BCUT2D eigenvalue weighted by Gasteiger charge is -2.19. The molecule has 0 aromatic heterocycles. The number of urea groups is 1. The zero-order valence-corrected chi connectivity index (χ0v) is 12.9. The lowest BCUT2D eigenvalue weighted by atomic mass is 9.98. The van der Waals surface area contributed by atoms with Crippen LogP contribution in [0.1, 0.15) is 29.2 Å². The van der Waals surface area contributed by atoms with Crippen molar-refractivity contribution < 1.29 is 4.79 Å². The Balaban J connectivity index is 1.92. The number of carbonyl (C=O) groups is 1. The molecule has 0 saturated heterocycles. The molecule has 5 heteroatoms. The van der Waals surface area contributed by atoms with Crippen molar-refractivity contribution >= 4 is 23.3 Å². The fraction of sp³-hybridized carbons (Fsp3) is 0.176. The van der Waals surface area contributed by atoms with E-state index in [4.69, 9.17) is 17.3 Å². The number of hydrogen-bond acceptors (Lipinski definition) is 2. The van der Waals surface area contributed by atoms with Crippen molar-refractivity contribution in [2.24, 2.45) is 10.8 Å². The minimum absolute atomic E-state index is 0.189. The van der Waals surface area contributed by atoms with E-state index in [2.05, 4.69) is 5.10 Å². The lowest BCUT2D eigenvalue weighted by molar-refractivity contribution is 0.196. The number of hydrazone groups is 1. The molecule has 0 aliphatic carbocycles. The van der Waals surface area contributed by atoms with Crippen LogP contribution in [0, 0.1) is 6.92 Å². The first kappa shape index (κ1) is 14.6. The van der Waals surface area contributed by atoms with Gasteiger partial charge in [0.05, 0.1) is 11.8 Å². The molecule has 3 rings (SSSR count). The molecule has 1 aliphatic rings. The van der Waals surface area contributed by atoms with Crippen molar-refractivity contribution in [1.82, 2.24) is 5.01 Å². The Labute approximate surface area is 134 Å². The molecule has 2 amide bonds. The van der Waals surface area contributed by atoms with Gasteiger partial charge in [0.2, 0.25) is 0 Å². The number of primary amides is 1. The van der Waals surface area contributed by atoms with Gasteiger partial charge in [-0.3, -0.25) is 0 Å². The van der Waals surface area contributed by atoms with E-state index in [-0.39, 0.29) is 6.04 Å². The third-order valence-corrected chi connectivity index (χ3v) is 4.03. The first-order valence-corrected chi connectivity index (χ1v) is 7.41. The number of carbonyl (C=O) groups excluding carboxylic acids is 1. The molecular formula is C17H16ClN3O. The molecule has 0 radical (unpaired) electrons. The number of benzene rings is 2. The minimum Gasteiger partial charge on any atom is -0.350 e. The minimum atomic E-state index is -0.554. The molecule has 2 N–H and O–H groups in total. The third-order valence-electron chi connectivity index (χ3n) is 3.78. The van der Waals surface area contributed by atoms with Gasteiger partial charge < -0.3 is 5.73 Å². The van der Waals surface area contributed by atoms with Gasteiger partial charge in [-0.25, -0.2) is 9.80 Å². The van der Waals surface area contributed by atoms with E-state index >= 15 is 0 Å². The van der Waals surface area contributed by atoms with Gasteiger partial charge in [0.15, 0.2) is 0 Å². The van der Waals surface area contributed by atoms with Gasteiger partial charge in [-0.15, -0.1) is 0 Å². The van der Waals surface area contributed by atoms with Crippen LogP contribution in [-0.2, 0) is 0 Å². The van der Waals surface area contributed by atoms with Crippen molar-refractivity contribution in [1.29, 1.82) is 0 Å². The Morgan fingerprint density at radius 2 is 1.82 bits per heavy atom. The highest BCUT2D eigenvalue weighted by Crippen LogP contribution is 2.32. The van der Waals surface area contributed by atoms with E-state index in [1.807, 2.05) is 43.3 Å². The fourth-order valence-corrected chi connectivity index (χ4v) is 2.70. The van der Waals surface area contributed by atoms with E-state index in [1.165, 1.54) is 10.6 Å². The standard InChI is InChI=1S/C17H16ClN3O/c1-11-2-4-12(5-3-11)15-10-16(21(20-15)17(19)22)13-6-8-14(18)9-7-13/h2-9,16H,10H2,1H3,(H2,19,22)/t16-/m0/s1. The number of aryl methyl sites for hydroxylation is 1. The van der Waals surface area contributed by atoms with E-state index in [0.717, 1.165) is 16.8 Å². The monoisotopic (exact) mass is 313 g/mol. The van der Waals surface area contributed by atoms with Crippen LogP contribution in [0.4, 0.5) is 4.79 Å². The molecule has 2 aromatic rings. The first-order chi connectivity index (χ1) is 10.5. The molecule has 1 aliphatic heterocycles. The summed E-state index contributed by atoms with van der Waals surface area (Å²) in [6.07, 6.45) is 0.633. The zero-order valence-electron chi connectivity index (χ0n) is 12.2. The summed E-state index contributed by atoms with van der Waals surface area (Å²) < 4.78 is 0.